The molecule has 0 saturated carbocycles. The summed E-state index contributed by atoms with van der Waals surface area (Å²) in [5.74, 6) is 0. The molecule has 2 aromatic heterocycles. The Hall–Kier alpha value is -5.02. The Morgan fingerprint density at radius 3 is 1.73 bits per heavy atom. The molecule has 0 unspecified atom stereocenters. The number of rotatable bonds is 8. The first-order valence-electron chi connectivity index (χ1n) is 13.2. The number of hydrogen-bond donors (Lipinski definition) is 2. The fraction of sp³-hybridized carbons (Fsp3) is 0.0667. The average Bonchev–Trinajstić information content (AvgIpc) is 3.72. The fourth-order valence-corrected chi connectivity index (χ4v) is 6.38. The van der Waals surface area contributed by atoms with Crippen molar-refractivity contribution in [3.8, 4) is 22.5 Å². The van der Waals surface area contributed by atoms with Crippen LogP contribution in [0.15, 0.2) is 131 Å². The van der Waals surface area contributed by atoms with Crippen LogP contribution < -0.4 is 0 Å². The summed E-state index contributed by atoms with van der Waals surface area (Å²) in [6.45, 7) is 0. The molecule has 1 aliphatic rings. The largest absolute Gasteiger partial charge is 0.295 e. The summed E-state index contributed by atoms with van der Waals surface area (Å²) in [7, 11) is -9.38. The van der Waals surface area contributed by atoms with Crippen LogP contribution in [0.2, 0.25) is 0 Å². The molecule has 12 nitrogen and oxygen atoms in total. The summed E-state index contributed by atoms with van der Waals surface area (Å²) in [6.07, 6.45) is 8.39. The maximum Gasteiger partial charge on any atom is 0.295 e. The molecule has 0 saturated heterocycles. The predicted octanol–water partition coefficient (Wildman–Crippen LogP) is 4.47. The van der Waals surface area contributed by atoms with Gasteiger partial charge in [0.05, 0.1) is 17.3 Å². The van der Waals surface area contributed by atoms with Crippen molar-refractivity contribution in [2.75, 3.05) is 0 Å². The van der Waals surface area contributed by atoms with Gasteiger partial charge in [-0.05, 0) is 23.3 Å². The summed E-state index contributed by atoms with van der Waals surface area (Å²) in [5, 5.41) is 18.2. The minimum absolute atomic E-state index is 0.0687. The third-order valence-electron chi connectivity index (χ3n) is 7.04. The van der Waals surface area contributed by atoms with Crippen LogP contribution in [-0.4, -0.2) is 55.9 Å². The first-order valence-corrected chi connectivity index (χ1v) is 16.0. The second-order valence-electron chi connectivity index (χ2n) is 9.86. The van der Waals surface area contributed by atoms with Gasteiger partial charge in [-0.1, -0.05) is 97.1 Å². The zero-order valence-corrected chi connectivity index (χ0v) is 24.4. The van der Waals surface area contributed by atoms with Crippen LogP contribution in [0.25, 0.3) is 28.6 Å². The topological polar surface area (TPSA) is 170 Å². The third-order valence-corrected chi connectivity index (χ3v) is 8.97. The normalized spacial score (nSPS) is 15.2. The number of benzene rings is 3. The van der Waals surface area contributed by atoms with E-state index in [1.54, 1.807) is 12.1 Å². The molecule has 0 bridgehead atoms. The minimum Gasteiger partial charge on any atom is -0.282 e. The number of aromatic nitrogens is 6. The van der Waals surface area contributed by atoms with E-state index in [1.807, 2.05) is 60.7 Å². The highest BCUT2D eigenvalue weighted by Crippen LogP contribution is 2.37. The van der Waals surface area contributed by atoms with Crippen LogP contribution >= 0.6 is 0 Å². The van der Waals surface area contributed by atoms with Gasteiger partial charge in [-0.2, -0.15) is 37.2 Å². The Labute approximate surface area is 252 Å². The summed E-state index contributed by atoms with van der Waals surface area (Å²) >= 11 is 0. The lowest BCUT2D eigenvalue weighted by Crippen LogP contribution is -2.45. The van der Waals surface area contributed by atoms with E-state index in [2.05, 4.69) is 20.4 Å². The van der Waals surface area contributed by atoms with Crippen LogP contribution in [0.5, 0.6) is 0 Å². The van der Waals surface area contributed by atoms with Crippen molar-refractivity contribution in [1.29, 1.82) is 0 Å². The van der Waals surface area contributed by atoms with Crippen molar-refractivity contribution < 1.29 is 25.9 Å². The molecular formula is C30H24N6O6S2. The van der Waals surface area contributed by atoms with Crippen molar-refractivity contribution in [3.63, 3.8) is 0 Å². The maximum atomic E-state index is 12.8. The molecule has 2 N–H and O–H groups in total. The van der Waals surface area contributed by atoms with Gasteiger partial charge in [-0.25, -0.2) is 0 Å². The van der Waals surface area contributed by atoms with Gasteiger partial charge in [0.15, 0.2) is 0 Å². The Morgan fingerprint density at radius 2 is 1.20 bits per heavy atom. The Kier molecular flexibility index (Phi) is 7.43. The van der Waals surface area contributed by atoms with Crippen molar-refractivity contribution in [3.05, 3.63) is 132 Å². The average molecular weight is 629 g/mol. The predicted molar refractivity (Wildman–Crippen MR) is 162 cm³/mol. The quantitative estimate of drug-likeness (QED) is 0.234. The molecule has 6 rings (SSSR count). The third kappa shape index (κ3) is 5.66. The van der Waals surface area contributed by atoms with Gasteiger partial charge in [0.2, 0.25) is 5.66 Å². The van der Waals surface area contributed by atoms with E-state index >= 15 is 0 Å². The number of nitrogens with zero attached hydrogens (tertiary/aromatic N) is 6. The lowest BCUT2D eigenvalue weighted by Gasteiger charge is -2.32. The fourth-order valence-electron chi connectivity index (χ4n) is 4.87. The molecule has 2 heterocycles. The molecule has 0 aliphatic heterocycles. The van der Waals surface area contributed by atoms with E-state index in [1.165, 1.54) is 58.4 Å². The van der Waals surface area contributed by atoms with E-state index in [4.69, 9.17) is 0 Å². The van der Waals surface area contributed by atoms with Gasteiger partial charge in [-0.15, -0.1) is 9.59 Å². The summed E-state index contributed by atoms with van der Waals surface area (Å²) in [5.41, 5.74) is 1.22. The van der Waals surface area contributed by atoms with Crippen LogP contribution in [-0.2, 0) is 25.9 Å². The standard InChI is InChI=1S/C30H24N6O6S2/c37-43(38,39)28-14-8-7-13-24(28)15-16-25-17-18-30(19-29(25)44(40,41)42,35-31-20-26(33-35)22-9-3-1-4-10-22)36-32-21-27(34-36)23-11-5-2-6-12-23/h1-18,20-21H,19H2,(H,37,38,39)(H,40,41,42). The SMILES string of the molecule is O=S(=O)(O)C1=C(C=Cc2ccccc2S(=O)(=O)O)C=CC(n2ncc(-c3ccccc3)n2)(n2ncc(-c3ccccc3)n2)C1. The van der Waals surface area contributed by atoms with E-state index in [0.29, 0.717) is 11.4 Å². The lowest BCUT2D eigenvalue weighted by molar-refractivity contribution is 0.193. The first kappa shape index (κ1) is 29.1. The van der Waals surface area contributed by atoms with Gasteiger partial charge >= 0.3 is 0 Å². The van der Waals surface area contributed by atoms with Gasteiger partial charge in [0.25, 0.3) is 20.2 Å². The zero-order valence-electron chi connectivity index (χ0n) is 22.8. The van der Waals surface area contributed by atoms with E-state index in [0.717, 1.165) is 11.1 Å². The first-order chi connectivity index (χ1) is 21.0. The van der Waals surface area contributed by atoms with E-state index in [-0.39, 0.29) is 16.0 Å². The highest BCUT2D eigenvalue weighted by atomic mass is 32.2. The summed E-state index contributed by atoms with van der Waals surface area (Å²) in [4.78, 5) is 1.82. The van der Waals surface area contributed by atoms with Gasteiger partial charge in [0, 0.05) is 17.5 Å². The zero-order chi connectivity index (χ0) is 31.0. The van der Waals surface area contributed by atoms with Gasteiger partial charge in [0.1, 0.15) is 16.3 Å². The molecular weight excluding hydrogens is 605 g/mol. The highest BCUT2D eigenvalue weighted by Gasteiger charge is 2.43. The maximum absolute atomic E-state index is 12.8. The molecule has 0 atom stereocenters. The molecule has 0 radical (unpaired) electrons. The van der Waals surface area contributed by atoms with Crippen LogP contribution in [0.3, 0.4) is 0 Å². The Balaban J connectivity index is 1.49. The van der Waals surface area contributed by atoms with Crippen molar-refractivity contribution in [1.82, 2.24) is 30.0 Å². The monoisotopic (exact) mass is 628 g/mol. The molecule has 0 amide bonds. The van der Waals surface area contributed by atoms with Crippen molar-refractivity contribution in [2.45, 2.75) is 17.0 Å². The van der Waals surface area contributed by atoms with Gasteiger partial charge < -0.3 is 0 Å². The lowest BCUT2D eigenvalue weighted by atomic mass is 9.96. The molecule has 44 heavy (non-hydrogen) atoms. The molecule has 14 heteroatoms. The van der Waals surface area contributed by atoms with Crippen molar-refractivity contribution in [2.24, 2.45) is 0 Å². The van der Waals surface area contributed by atoms with Crippen LogP contribution in [0.1, 0.15) is 12.0 Å². The molecule has 5 aromatic rings. The molecule has 1 aliphatic carbocycles. The Morgan fingerprint density at radius 1 is 0.682 bits per heavy atom. The second-order valence-corrected chi connectivity index (χ2v) is 12.7. The van der Waals surface area contributed by atoms with Crippen LogP contribution in [0, 0.1) is 0 Å². The number of allylic oxidation sites excluding steroid dienone is 5. The van der Waals surface area contributed by atoms with Crippen LogP contribution in [0.4, 0.5) is 0 Å². The Bertz CT molecular complexity index is 2080. The molecule has 222 valence electrons. The number of hydrogen-bond acceptors (Lipinski definition) is 8. The van der Waals surface area contributed by atoms with Crippen molar-refractivity contribution >= 4 is 26.3 Å². The van der Waals surface area contributed by atoms with Gasteiger partial charge in [-0.3, -0.25) is 9.11 Å². The molecule has 3 aromatic carbocycles. The summed E-state index contributed by atoms with van der Waals surface area (Å²) < 4.78 is 69.4. The minimum atomic E-state index is -4.82. The summed E-state index contributed by atoms with van der Waals surface area (Å²) in [6, 6.07) is 24.2. The molecule has 0 fully saturated rings. The van der Waals surface area contributed by atoms with E-state index < -0.39 is 37.2 Å². The highest BCUT2D eigenvalue weighted by molar-refractivity contribution is 7.89. The second kappa shape index (κ2) is 11.2. The smallest absolute Gasteiger partial charge is 0.282 e. The molecule has 0 spiro atoms. The van der Waals surface area contributed by atoms with E-state index in [9.17, 15) is 25.9 Å².